The van der Waals surface area contributed by atoms with Gasteiger partial charge in [-0.25, -0.2) is 0 Å². The van der Waals surface area contributed by atoms with Gasteiger partial charge in [0.15, 0.2) is 5.11 Å². The number of methoxy groups -OCH3 is 1. The molecule has 41 heavy (non-hydrogen) atoms. The van der Waals surface area contributed by atoms with E-state index in [0.29, 0.717) is 16.5 Å². The predicted molar refractivity (Wildman–Crippen MR) is 172 cm³/mol. The molecular weight excluding hydrogens is 598 g/mol. The zero-order valence-corrected chi connectivity index (χ0v) is 26.4. The molecule has 0 spiro atoms. The largest absolute Gasteiger partial charge is 0.494 e. The van der Waals surface area contributed by atoms with E-state index < -0.39 is 5.41 Å². The SMILES string of the molecule is COc1cc(N2C(=S)NC(c3ccccn3)C2c2cc(C)n(-c3cccc(Br)c3)c2C)ccc1NC(=O)C(C)(C)C. The zero-order valence-electron chi connectivity index (χ0n) is 24.0. The topological polar surface area (TPSA) is 71.4 Å². The molecule has 1 saturated heterocycles. The van der Waals surface area contributed by atoms with Gasteiger partial charge in [-0.1, -0.05) is 48.8 Å². The Bertz CT molecular complexity index is 1610. The van der Waals surface area contributed by atoms with Crippen molar-refractivity contribution in [2.75, 3.05) is 17.3 Å². The lowest BCUT2D eigenvalue weighted by atomic mass is 9.95. The predicted octanol–water partition coefficient (Wildman–Crippen LogP) is 7.42. The second-order valence-electron chi connectivity index (χ2n) is 11.2. The maximum Gasteiger partial charge on any atom is 0.229 e. The second kappa shape index (κ2) is 11.3. The molecule has 0 saturated carbocycles. The summed E-state index contributed by atoms with van der Waals surface area (Å²) >= 11 is 9.58. The van der Waals surface area contributed by atoms with Gasteiger partial charge in [0, 0.05) is 44.9 Å². The quantitative estimate of drug-likeness (QED) is 0.216. The van der Waals surface area contributed by atoms with Crippen molar-refractivity contribution in [3.63, 3.8) is 0 Å². The van der Waals surface area contributed by atoms with Crippen molar-refractivity contribution in [3.8, 4) is 11.4 Å². The number of benzene rings is 2. The lowest BCUT2D eigenvalue weighted by molar-refractivity contribution is -0.123. The van der Waals surface area contributed by atoms with Crippen LogP contribution in [-0.2, 0) is 4.79 Å². The number of pyridine rings is 1. The third kappa shape index (κ3) is 5.61. The average Bonchev–Trinajstić information content (AvgIpc) is 3.43. The number of nitrogens with zero attached hydrogens (tertiary/aromatic N) is 3. The van der Waals surface area contributed by atoms with E-state index in [0.717, 1.165) is 38.5 Å². The van der Waals surface area contributed by atoms with E-state index in [1.165, 1.54) is 0 Å². The summed E-state index contributed by atoms with van der Waals surface area (Å²) in [6.45, 7) is 9.90. The van der Waals surface area contributed by atoms with Crippen LogP contribution in [0.5, 0.6) is 5.75 Å². The van der Waals surface area contributed by atoms with Gasteiger partial charge in [0.2, 0.25) is 5.91 Å². The Morgan fingerprint density at radius 3 is 2.49 bits per heavy atom. The summed E-state index contributed by atoms with van der Waals surface area (Å²) in [6.07, 6.45) is 1.81. The molecule has 2 aromatic heterocycles. The molecule has 2 atom stereocenters. The fraction of sp³-hybridized carbons (Fsp3) is 0.281. The lowest BCUT2D eigenvalue weighted by Gasteiger charge is -2.29. The van der Waals surface area contributed by atoms with E-state index in [9.17, 15) is 4.79 Å². The van der Waals surface area contributed by atoms with Crippen molar-refractivity contribution in [1.29, 1.82) is 0 Å². The van der Waals surface area contributed by atoms with E-state index in [1.54, 1.807) is 13.3 Å². The monoisotopic (exact) mass is 631 g/mol. The van der Waals surface area contributed by atoms with E-state index in [-0.39, 0.29) is 18.0 Å². The van der Waals surface area contributed by atoms with Crippen LogP contribution >= 0.6 is 28.1 Å². The molecule has 1 amide bonds. The fourth-order valence-corrected chi connectivity index (χ4v) is 6.02. The van der Waals surface area contributed by atoms with Gasteiger partial charge in [0.1, 0.15) is 5.75 Å². The molecule has 1 aliphatic heterocycles. The van der Waals surface area contributed by atoms with E-state index in [1.807, 2.05) is 69.3 Å². The third-order valence-electron chi connectivity index (χ3n) is 7.35. The number of hydrogen-bond acceptors (Lipinski definition) is 4. The first-order valence-electron chi connectivity index (χ1n) is 13.4. The van der Waals surface area contributed by atoms with Gasteiger partial charge in [-0.05, 0) is 80.2 Å². The van der Waals surface area contributed by atoms with Gasteiger partial charge in [0.25, 0.3) is 0 Å². The summed E-state index contributed by atoms with van der Waals surface area (Å²) in [5.74, 6) is 0.470. The maximum atomic E-state index is 12.7. The van der Waals surface area contributed by atoms with Crippen LogP contribution in [0.25, 0.3) is 5.69 Å². The van der Waals surface area contributed by atoms with E-state index in [2.05, 4.69) is 68.1 Å². The molecule has 9 heteroatoms. The van der Waals surface area contributed by atoms with Crippen LogP contribution < -0.4 is 20.3 Å². The van der Waals surface area contributed by atoms with Gasteiger partial charge < -0.3 is 24.8 Å². The Kier molecular flexibility index (Phi) is 7.94. The molecular formula is C32H34BrN5O2S. The van der Waals surface area contributed by atoms with E-state index >= 15 is 0 Å². The molecule has 2 aromatic carbocycles. The number of nitrogens with one attached hydrogen (secondary N) is 2. The Morgan fingerprint density at radius 2 is 1.83 bits per heavy atom. The van der Waals surface area contributed by atoms with Gasteiger partial charge >= 0.3 is 0 Å². The summed E-state index contributed by atoms with van der Waals surface area (Å²) in [6, 6.07) is 21.8. The van der Waals surface area contributed by atoms with Crippen molar-refractivity contribution in [3.05, 3.63) is 100 Å². The number of halogens is 1. The lowest BCUT2D eigenvalue weighted by Crippen LogP contribution is -2.30. The number of aryl methyl sites for hydroxylation is 1. The van der Waals surface area contributed by atoms with Gasteiger partial charge in [-0.15, -0.1) is 0 Å². The van der Waals surface area contributed by atoms with Crippen LogP contribution in [0.3, 0.4) is 0 Å². The Labute approximate surface area is 255 Å². The molecule has 1 fully saturated rings. The minimum Gasteiger partial charge on any atom is -0.494 e. The van der Waals surface area contributed by atoms with Crippen molar-refractivity contribution >= 4 is 50.5 Å². The van der Waals surface area contributed by atoms with Crippen molar-refractivity contribution in [1.82, 2.24) is 14.9 Å². The first kappa shape index (κ1) is 28.8. The van der Waals surface area contributed by atoms with Crippen molar-refractivity contribution < 1.29 is 9.53 Å². The standard InChI is InChI=1S/C32H34BrN5O2S/c1-19-16-24(20(2)37(19)22-11-9-10-21(33)17-22)29-28(26-12-7-8-15-34-26)36-31(41)38(29)23-13-14-25(27(18-23)40-6)35-30(39)32(3,4)5/h7-18,28-29H,1-6H3,(H,35,39)(H,36,41). The molecule has 4 aromatic rings. The van der Waals surface area contributed by atoms with Crippen LogP contribution in [-0.4, -0.2) is 27.7 Å². The average molecular weight is 633 g/mol. The summed E-state index contributed by atoms with van der Waals surface area (Å²) in [7, 11) is 1.60. The van der Waals surface area contributed by atoms with E-state index in [4.69, 9.17) is 21.9 Å². The molecule has 0 bridgehead atoms. The minimum absolute atomic E-state index is 0.0880. The molecule has 3 heterocycles. The number of carbonyl (C=O) groups is 1. The van der Waals surface area contributed by atoms with Gasteiger partial charge in [0.05, 0.1) is 30.6 Å². The Balaban J connectivity index is 1.63. The number of ether oxygens (including phenoxy) is 1. The van der Waals surface area contributed by atoms with Crippen LogP contribution in [0.1, 0.15) is 55.5 Å². The van der Waals surface area contributed by atoms with Crippen LogP contribution in [0.2, 0.25) is 0 Å². The molecule has 2 unspecified atom stereocenters. The molecule has 7 nitrogen and oxygen atoms in total. The first-order valence-corrected chi connectivity index (χ1v) is 14.6. The van der Waals surface area contributed by atoms with Crippen LogP contribution in [0.15, 0.2) is 77.4 Å². The molecule has 1 aliphatic rings. The normalized spacial score (nSPS) is 17.0. The molecule has 0 aliphatic carbocycles. The Morgan fingerprint density at radius 1 is 1.05 bits per heavy atom. The minimum atomic E-state index is -0.540. The van der Waals surface area contributed by atoms with Crippen LogP contribution in [0, 0.1) is 19.3 Å². The molecule has 0 radical (unpaired) electrons. The highest BCUT2D eigenvalue weighted by Crippen LogP contribution is 2.45. The summed E-state index contributed by atoms with van der Waals surface area (Å²) in [5, 5.41) is 7.14. The van der Waals surface area contributed by atoms with Crippen LogP contribution in [0.4, 0.5) is 11.4 Å². The summed E-state index contributed by atoms with van der Waals surface area (Å²) < 4.78 is 9.02. The number of aromatic nitrogens is 2. The summed E-state index contributed by atoms with van der Waals surface area (Å²) in [4.78, 5) is 19.5. The highest BCUT2D eigenvalue weighted by molar-refractivity contribution is 9.10. The highest BCUT2D eigenvalue weighted by Gasteiger charge is 2.42. The number of anilines is 2. The number of amides is 1. The number of hydrogen-bond donors (Lipinski definition) is 2. The summed E-state index contributed by atoms with van der Waals surface area (Å²) in [5.41, 5.74) is 6.27. The smallest absolute Gasteiger partial charge is 0.229 e. The molecule has 2 N–H and O–H groups in total. The third-order valence-corrected chi connectivity index (χ3v) is 8.15. The van der Waals surface area contributed by atoms with Crippen molar-refractivity contribution in [2.45, 2.75) is 46.7 Å². The first-order chi connectivity index (χ1) is 19.5. The zero-order chi connectivity index (χ0) is 29.5. The van der Waals surface area contributed by atoms with Gasteiger partial charge in [-0.3, -0.25) is 9.78 Å². The Hall–Kier alpha value is -3.69. The highest BCUT2D eigenvalue weighted by atomic mass is 79.9. The maximum absolute atomic E-state index is 12.7. The number of thiocarbonyl (C=S) groups is 1. The number of carbonyl (C=O) groups excluding carboxylic acids is 1. The van der Waals surface area contributed by atoms with Gasteiger partial charge in [-0.2, -0.15) is 0 Å². The molecule has 212 valence electrons. The van der Waals surface area contributed by atoms with Crippen molar-refractivity contribution in [2.24, 2.45) is 5.41 Å². The fourth-order valence-electron chi connectivity index (χ4n) is 5.29. The number of rotatable bonds is 6. The molecule has 5 rings (SSSR count). The second-order valence-corrected chi connectivity index (χ2v) is 12.5.